The lowest BCUT2D eigenvalue weighted by atomic mass is 9.95. The Hall–Kier alpha value is -1.55. The van der Waals surface area contributed by atoms with Gasteiger partial charge >= 0.3 is 5.97 Å². The first-order valence-corrected chi connectivity index (χ1v) is 5.73. The van der Waals surface area contributed by atoms with Gasteiger partial charge in [-0.3, -0.25) is 4.79 Å². The van der Waals surface area contributed by atoms with Gasteiger partial charge in [0, 0.05) is 12.5 Å². The van der Waals surface area contributed by atoms with Crippen molar-refractivity contribution in [2.75, 3.05) is 7.11 Å². The number of carboxylic acids is 1. The number of carbonyl (C=O) groups is 1. The fourth-order valence-electron chi connectivity index (χ4n) is 1.93. The monoisotopic (exact) mass is 237 g/mol. The van der Waals surface area contributed by atoms with Gasteiger partial charge in [0.1, 0.15) is 5.75 Å². The summed E-state index contributed by atoms with van der Waals surface area (Å²) in [5.41, 5.74) is 8.07. The predicted molar refractivity (Wildman–Crippen MR) is 66.2 cm³/mol. The summed E-state index contributed by atoms with van der Waals surface area (Å²) in [6, 6.07) is 5.46. The zero-order chi connectivity index (χ0) is 12.8. The molecular formula is C13H19NO3. The lowest BCUT2D eigenvalue weighted by Gasteiger charge is -2.17. The molecule has 17 heavy (non-hydrogen) atoms. The van der Waals surface area contributed by atoms with Crippen LogP contribution in [-0.2, 0) is 11.2 Å². The molecule has 0 radical (unpaired) electrons. The van der Waals surface area contributed by atoms with Crippen LogP contribution in [0.4, 0.5) is 0 Å². The Labute approximate surface area is 101 Å². The van der Waals surface area contributed by atoms with Crippen molar-refractivity contribution in [1.29, 1.82) is 0 Å². The van der Waals surface area contributed by atoms with Gasteiger partial charge in [-0.1, -0.05) is 19.1 Å². The highest BCUT2D eigenvalue weighted by atomic mass is 16.5. The Morgan fingerprint density at radius 2 is 2.24 bits per heavy atom. The zero-order valence-corrected chi connectivity index (χ0v) is 10.3. The summed E-state index contributed by atoms with van der Waals surface area (Å²) in [5, 5.41) is 8.66. The van der Waals surface area contributed by atoms with Gasteiger partial charge in [0.15, 0.2) is 0 Å². The molecule has 1 aromatic carbocycles. The third kappa shape index (κ3) is 3.46. The summed E-state index contributed by atoms with van der Waals surface area (Å²) in [4.78, 5) is 10.5. The molecule has 1 unspecified atom stereocenters. The second-order valence-corrected chi connectivity index (χ2v) is 3.92. The molecule has 0 aliphatic rings. The van der Waals surface area contributed by atoms with Crippen molar-refractivity contribution in [2.45, 2.75) is 32.2 Å². The Morgan fingerprint density at radius 3 is 2.76 bits per heavy atom. The van der Waals surface area contributed by atoms with Gasteiger partial charge in [-0.2, -0.15) is 0 Å². The maximum absolute atomic E-state index is 10.5. The van der Waals surface area contributed by atoms with Crippen molar-refractivity contribution in [3.63, 3.8) is 0 Å². The SMILES string of the molecule is CCc1c(OC)cccc1C(N)CCC(=O)O. The van der Waals surface area contributed by atoms with Crippen molar-refractivity contribution >= 4 is 5.97 Å². The van der Waals surface area contributed by atoms with Crippen LogP contribution in [-0.4, -0.2) is 18.2 Å². The van der Waals surface area contributed by atoms with Crippen molar-refractivity contribution < 1.29 is 14.6 Å². The van der Waals surface area contributed by atoms with Crippen molar-refractivity contribution in [1.82, 2.24) is 0 Å². The molecule has 0 fully saturated rings. The maximum atomic E-state index is 10.5. The molecule has 4 heteroatoms. The number of methoxy groups -OCH3 is 1. The van der Waals surface area contributed by atoms with Crippen molar-refractivity contribution in [2.24, 2.45) is 5.73 Å². The van der Waals surface area contributed by atoms with E-state index in [9.17, 15) is 4.79 Å². The molecule has 1 atom stereocenters. The number of benzene rings is 1. The topological polar surface area (TPSA) is 72.5 Å². The molecule has 0 spiro atoms. The van der Waals surface area contributed by atoms with Crippen LogP contribution in [0.1, 0.15) is 36.9 Å². The largest absolute Gasteiger partial charge is 0.496 e. The smallest absolute Gasteiger partial charge is 0.303 e. The number of hydrogen-bond acceptors (Lipinski definition) is 3. The number of rotatable bonds is 6. The molecule has 0 amide bonds. The highest BCUT2D eigenvalue weighted by Crippen LogP contribution is 2.28. The number of carboxylic acid groups (broad SMARTS) is 1. The Balaban J connectivity index is 2.92. The van der Waals surface area contributed by atoms with Crippen LogP contribution in [0.25, 0.3) is 0 Å². The molecular weight excluding hydrogens is 218 g/mol. The number of nitrogens with two attached hydrogens (primary N) is 1. The molecule has 3 N–H and O–H groups in total. The van der Waals surface area contributed by atoms with E-state index in [1.165, 1.54) is 0 Å². The molecule has 0 aliphatic heterocycles. The molecule has 1 aromatic rings. The highest BCUT2D eigenvalue weighted by Gasteiger charge is 2.14. The van der Waals surface area contributed by atoms with Crippen LogP contribution >= 0.6 is 0 Å². The summed E-state index contributed by atoms with van der Waals surface area (Å²) in [7, 11) is 1.63. The van der Waals surface area contributed by atoms with Crippen LogP contribution in [0.5, 0.6) is 5.75 Å². The first-order chi connectivity index (χ1) is 8.10. The van der Waals surface area contributed by atoms with E-state index in [4.69, 9.17) is 15.6 Å². The van der Waals surface area contributed by atoms with E-state index in [2.05, 4.69) is 0 Å². The Kier molecular flexibility index (Phi) is 4.97. The molecule has 94 valence electrons. The first kappa shape index (κ1) is 13.5. The summed E-state index contributed by atoms with van der Waals surface area (Å²) in [5.74, 6) is -0.00262. The minimum atomic E-state index is -0.818. The van der Waals surface area contributed by atoms with Crippen LogP contribution < -0.4 is 10.5 Å². The quantitative estimate of drug-likeness (QED) is 0.795. The minimum absolute atomic E-state index is 0.0849. The minimum Gasteiger partial charge on any atom is -0.496 e. The van der Waals surface area contributed by atoms with E-state index in [-0.39, 0.29) is 12.5 Å². The molecule has 4 nitrogen and oxygen atoms in total. The van der Waals surface area contributed by atoms with E-state index in [0.29, 0.717) is 6.42 Å². The Bertz CT molecular complexity index is 390. The standard InChI is InChI=1S/C13H19NO3/c1-3-9-10(5-4-6-12(9)17-2)11(14)7-8-13(15)16/h4-6,11H,3,7-8,14H2,1-2H3,(H,15,16). The van der Waals surface area contributed by atoms with Gasteiger partial charge in [0.05, 0.1) is 7.11 Å². The average Bonchev–Trinajstić information content (AvgIpc) is 2.34. The van der Waals surface area contributed by atoms with Crippen molar-refractivity contribution in [3.8, 4) is 5.75 Å². The van der Waals surface area contributed by atoms with Gasteiger partial charge in [-0.05, 0) is 30.0 Å². The Morgan fingerprint density at radius 1 is 1.53 bits per heavy atom. The van der Waals surface area contributed by atoms with E-state index in [0.717, 1.165) is 23.3 Å². The zero-order valence-electron chi connectivity index (χ0n) is 10.3. The first-order valence-electron chi connectivity index (χ1n) is 5.73. The third-order valence-corrected chi connectivity index (χ3v) is 2.81. The molecule has 1 rings (SSSR count). The average molecular weight is 237 g/mol. The molecule has 0 bridgehead atoms. The summed E-state index contributed by atoms with van der Waals surface area (Å²) < 4.78 is 5.28. The number of aliphatic carboxylic acids is 1. The van der Waals surface area contributed by atoms with E-state index in [1.807, 2.05) is 25.1 Å². The fourth-order valence-corrected chi connectivity index (χ4v) is 1.93. The lowest BCUT2D eigenvalue weighted by molar-refractivity contribution is -0.137. The van der Waals surface area contributed by atoms with Gasteiger partial charge in [-0.25, -0.2) is 0 Å². The molecule has 0 aromatic heterocycles. The summed E-state index contributed by atoms with van der Waals surface area (Å²) in [6.45, 7) is 2.03. The van der Waals surface area contributed by atoms with Crippen LogP contribution in [0.3, 0.4) is 0 Å². The summed E-state index contributed by atoms with van der Waals surface area (Å²) in [6.07, 6.45) is 1.34. The second-order valence-electron chi connectivity index (χ2n) is 3.92. The van der Waals surface area contributed by atoms with E-state index in [1.54, 1.807) is 7.11 Å². The second kappa shape index (κ2) is 6.25. The van der Waals surface area contributed by atoms with Crippen LogP contribution in [0, 0.1) is 0 Å². The van der Waals surface area contributed by atoms with Crippen LogP contribution in [0.15, 0.2) is 18.2 Å². The van der Waals surface area contributed by atoms with E-state index < -0.39 is 5.97 Å². The van der Waals surface area contributed by atoms with Gasteiger partial charge in [-0.15, -0.1) is 0 Å². The van der Waals surface area contributed by atoms with Gasteiger partial charge in [0.2, 0.25) is 0 Å². The molecule has 0 saturated heterocycles. The normalized spacial score (nSPS) is 12.2. The van der Waals surface area contributed by atoms with Gasteiger partial charge < -0.3 is 15.6 Å². The van der Waals surface area contributed by atoms with Crippen molar-refractivity contribution in [3.05, 3.63) is 29.3 Å². The fraction of sp³-hybridized carbons (Fsp3) is 0.462. The van der Waals surface area contributed by atoms with Gasteiger partial charge in [0.25, 0.3) is 0 Å². The maximum Gasteiger partial charge on any atom is 0.303 e. The van der Waals surface area contributed by atoms with Crippen LogP contribution in [0.2, 0.25) is 0 Å². The molecule has 0 aliphatic carbocycles. The highest BCUT2D eigenvalue weighted by molar-refractivity contribution is 5.66. The predicted octanol–water partition coefficient (Wildman–Crippen LogP) is 2.12. The van der Waals surface area contributed by atoms with E-state index >= 15 is 0 Å². The number of ether oxygens (including phenoxy) is 1. The molecule has 0 heterocycles. The lowest BCUT2D eigenvalue weighted by Crippen LogP contribution is -2.14. The molecule has 0 saturated carbocycles. The number of hydrogen-bond donors (Lipinski definition) is 2. The third-order valence-electron chi connectivity index (χ3n) is 2.81. The summed E-state index contributed by atoms with van der Waals surface area (Å²) >= 11 is 0.